The Morgan fingerprint density at radius 3 is 2.27 bits per heavy atom. The lowest BCUT2D eigenvalue weighted by molar-refractivity contribution is 0.421. The topological polar surface area (TPSA) is 20.2 Å². The standard InChI is InChI=1S/C7H5BrF2O/c8-3-4-5(9)1-2-6(10)7(4)11/h1-2,11H,3H2. The molecule has 4 heteroatoms. The first kappa shape index (κ1) is 8.46. The number of rotatable bonds is 1. The van der Waals surface area contributed by atoms with E-state index in [0.717, 1.165) is 12.1 Å². The predicted octanol–water partition coefficient (Wildman–Crippen LogP) is 2.57. The highest BCUT2D eigenvalue weighted by atomic mass is 79.9. The average molecular weight is 223 g/mol. The maximum atomic E-state index is 12.7. The maximum absolute atomic E-state index is 12.7. The van der Waals surface area contributed by atoms with Crippen molar-refractivity contribution in [3.8, 4) is 5.75 Å². The molecule has 0 saturated carbocycles. The Morgan fingerprint density at radius 2 is 1.82 bits per heavy atom. The van der Waals surface area contributed by atoms with E-state index in [1.54, 1.807) is 0 Å². The summed E-state index contributed by atoms with van der Waals surface area (Å²) in [6, 6.07) is 1.86. The number of phenols is 1. The Kier molecular flexibility index (Phi) is 2.44. The molecule has 1 N–H and O–H groups in total. The van der Waals surface area contributed by atoms with E-state index in [2.05, 4.69) is 15.9 Å². The Morgan fingerprint density at radius 1 is 1.27 bits per heavy atom. The number of alkyl halides is 1. The number of phenolic OH excluding ortho intramolecular Hbond substituents is 1. The zero-order valence-electron chi connectivity index (χ0n) is 5.44. The summed E-state index contributed by atoms with van der Waals surface area (Å²) in [7, 11) is 0. The molecule has 1 rings (SSSR count). The maximum Gasteiger partial charge on any atom is 0.165 e. The van der Waals surface area contributed by atoms with Gasteiger partial charge in [0.05, 0.1) is 0 Å². The summed E-state index contributed by atoms with van der Waals surface area (Å²) in [4.78, 5) is 0. The molecule has 0 amide bonds. The summed E-state index contributed by atoms with van der Waals surface area (Å²) in [5.74, 6) is -2.04. The zero-order chi connectivity index (χ0) is 8.43. The zero-order valence-corrected chi connectivity index (χ0v) is 7.03. The van der Waals surface area contributed by atoms with E-state index in [9.17, 15) is 8.78 Å². The molecule has 0 saturated heterocycles. The van der Waals surface area contributed by atoms with E-state index < -0.39 is 17.4 Å². The van der Waals surface area contributed by atoms with Crippen LogP contribution in [0.15, 0.2) is 12.1 Å². The second kappa shape index (κ2) is 3.17. The highest BCUT2D eigenvalue weighted by molar-refractivity contribution is 9.08. The second-order valence-corrected chi connectivity index (χ2v) is 2.55. The van der Waals surface area contributed by atoms with Crippen LogP contribution in [0, 0.1) is 11.6 Å². The highest BCUT2D eigenvalue weighted by Crippen LogP contribution is 2.25. The van der Waals surface area contributed by atoms with Gasteiger partial charge in [0.25, 0.3) is 0 Å². The largest absolute Gasteiger partial charge is 0.505 e. The molecule has 0 fully saturated rings. The van der Waals surface area contributed by atoms with Gasteiger partial charge in [-0.1, -0.05) is 15.9 Å². The Labute approximate surface area is 70.8 Å². The Balaban J connectivity index is 3.29. The van der Waals surface area contributed by atoms with Crippen LogP contribution in [0.1, 0.15) is 5.56 Å². The summed E-state index contributed by atoms with van der Waals surface area (Å²) in [6.45, 7) is 0. The smallest absolute Gasteiger partial charge is 0.165 e. The number of halogens is 3. The summed E-state index contributed by atoms with van der Waals surface area (Å²) in [5, 5.41) is 9.03. The van der Waals surface area contributed by atoms with Crippen molar-refractivity contribution >= 4 is 15.9 Å². The molecule has 1 nitrogen and oxygen atoms in total. The van der Waals surface area contributed by atoms with Crippen LogP contribution in [0.25, 0.3) is 0 Å². The van der Waals surface area contributed by atoms with Crippen molar-refractivity contribution in [1.82, 2.24) is 0 Å². The van der Waals surface area contributed by atoms with Crippen LogP contribution < -0.4 is 0 Å². The summed E-state index contributed by atoms with van der Waals surface area (Å²) in [6.07, 6.45) is 0. The van der Waals surface area contributed by atoms with E-state index in [4.69, 9.17) is 5.11 Å². The third kappa shape index (κ3) is 1.50. The first-order chi connectivity index (χ1) is 5.16. The molecule has 1 aromatic carbocycles. The van der Waals surface area contributed by atoms with Crippen LogP contribution >= 0.6 is 15.9 Å². The van der Waals surface area contributed by atoms with Gasteiger partial charge in [0.2, 0.25) is 0 Å². The lowest BCUT2D eigenvalue weighted by Crippen LogP contribution is -1.89. The molecule has 0 atom stereocenters. The number of hydrogen-bond acceptors (Lipinski definition) is 1. The molecule has 0 radical (unpaired) electrons. The second-order valence-electron chi connectivity index (χ2n) is 1.99. The normalized spacial score (nSPS) is 10.1. The molecule has 0 unspecified atom stereocenters. The third-order valence-electron chi connectivity index (χ3n) is 1.31. The van der Waals surface area contributed by atoms with Crippen molar-refractivity contribution in [3.63, 3.8) is 0 Å². The summed E-state index contributed by atoms with van der Waals surface area (Å²) < 4.78 is 25.2. The molecule has 0 bridgehead atoms. The fourth-order valence-electron chi connectivity index (χ4n) is 0.710. The molecular formula is C7H5BrF2O. The molecule has 0 spiro atoms. The molecule has 0 aromatic heterocycles. The predicted molar refractivity (Wildman–Crippen MR) is 40.7 cm³/mol. The monoisotopic (exact) mass is 222 g/mol. The van der Waals surface area contributed by atoms with Crippen molar-refractivity contribution in [2.45, 2.75) is 5.33 Å². The van der Waals surface area contributed by atoms with E-state index in [-0.39, 0.29) is 10.9 Å². The fourth-order valence-corrected chi connectivity index (χ4v) is 1.24. The Bertz CT molecular complexity index is 275. The van der Waals surface area contributed by atoms with Crippen LogP contribution in [0.3, 0.4) is 0 Å². The van der Waals surface area contributed by atoms with Gasteiger partial charge in [-0.3, -0.25) is 0 Å². The molecule has 0 aliphatic heterocycles. The van der Waals surface area contributed by atoms with Gasteiger partial charge in [-0.25, -0.2) is 8.78 Å². The van der Waals surface area contributed by atoms with Crippen LogP contribution in [0.4, 0.5) is 8.78 Å². The van der Waals surface area contributed by atoms with Crippen LogP contribution in [0.5, 0.6) is 5.75 Å². The minimum absolute atomic E-state index is 0.0509. The van der Waals surface area contributed by atoms with Gasteiger partial charge >= 0.3 is 0 Å². The van der Waals surface area contributed by atoms with Gasteiger partial charge in [0, 0.05) is 10.9 Å². The van der Waals surface area contributed by atoms with Crippen molar-refractivity contribution in [2.75, 3.05) is 0 Å². The quantitative estimate of drug-likeness (QED) is 0.725. The van der Waals surface area contributed by atoms with Gasteiger partial charge in [-0.15, -0.1) is 0 Å². The minimum atomic E-state index is -0.805. The van der Waals surface area contributed by atoms with Crippen molar-refractivity contribution in [2.24, 2.45) is 0 Å². The molecular weight excluding hydrogens is 218 g/mol. The molecule has 0 aliphatic carbocycles. The van der Waals surface area contributed by atoms with E-state index >= 15 is 0 Å². The molecule has 1 aromatic rings. The fraction of sp³-hybridized carbons (Fsp3) is 0.143. The Hall–Kier alpha value is -0.640. The SMILES string of the molecule is Oc1c(F)ccc(F)c1CBr. The van der Waals surface area contributed by atoms with Crippen LogP contribution in [-0.2, 0) is 5.33 Å². The van der Waals surface area contributed by atoms with Crippen molar-refractivity contribution in [1.29, 1.82) is 0 Å². The third-order valence-corrected chi connectivity index (χ3v) is 1.87. The first-order valence-corrected chi connectivity index (χ1v) is 4.00. The van der Waals surface area contributed by atoms with Crippen molar-refractivity contribution in [3.05, 3.63) is 29.3 Å². The number of aromatic hydroxyl groups is 1. The molecule has 0 heterocycles. The van der Waals surface area contributed by atoms with Crippen LogP contribution in [0.2, 0.25) is 0 Å². The van der Waals surface area contributed by atoms with Gasteiger partial charge < -0.3 is 5.11 Å². The average Bonchev–Trinajstić information content (AvgIpc) is 1.99. The summed E-state index contributed by atoms with van der Waals surface area (Å²) >= 11 is 2.93. The first-order valence-electron chi connectivity index (χ1n) is 2.88. The molecule has 60 valence electrons. The van der Waals surface area contributed by atoms with Gasteiger partial charge in [-0.05, 0) is 12.1 Å². The van der Waals surface area contributed by atoms with Crippen molar-refractivity contribution < 1.29 is 13.9 Å². The number of hydrogen-bond donors (Lipinski definition) is 1. The van der Waals surface area contributed by atoms with E-state index in [1.807, 2.05) is 0 Å². The van der Waals surface area contributed by atoms with Crippen LogP contribution in [-0.4, -0.2) is 5.11 Å². The number of benzene rings is 1. The molecule has 11 heavy (non-hydrogen) atoms. The molecule has 0 aliphatic rings. The lowest BCUT2D eigenvalue weighted by Gasteiger charge is -2.01. The summed E-state index contributed by atoms with van der Waals surface area (Å²) in [5.41, 5.74) is -0.0509. The van der Waals surface area contributed by atoms with Gasteiger partial charge in [-0.2, -0.15) is 0 Å². The van der Waals surface area contributed by atoms with Gasteiger partial charge in [0.1, 0.15) is 5.82 Å². The van der Waals surface area contributed by atoms with E-state index in [1.165, 1.54) is 0 Å². The van der Waals surface area contributed by atoms with E-state index in [0.29, 0.717) is 0 Å². The lowest BCUT2D eigenvalue weighted by atomic mass is 10.2. The minimum Gasteiger partial charge on any atom is -0.505 e. The highest BCUT2D eigenvalue weighted by Gasteiger charge is 2.10. The van der Waals surface area contributed by atoms with Gasteiger partial charge in [0.15, 0.2) is 11.6 Å².